The molecule has 1 aliphatic rings. The van der Waals surface area contributed by atoms with Gasteiger partial charge in [-0.15, -0.1) is 0 Å². The Labute approximate surface area is 186 Å². The smallest absolute Gasteiger partial charge is 0.229 e. The summed E-state index contributed by atoms with van der Waals surface area (Å²) in [5.74, 6) is 0.193. The highest BCUT2D eigenvalue weighted by Crippen LogP contribution is 2.34. The van der Waals surface area contributed by atoms with E-state index in [-0.39, 0.29) is 17.6 Å². The van der Waals surface area contributed by atoms with Crippen molar-refractivity contribution >= 4 is 29.2 Å². The molecule has 1 N–H and O–H groups in total. The van der Waals surface area contributed by atoms with Gasteiger partial charge in [0, 0.05) is 41.6 Å². The zero-order valence-corrected chi connectivity index (χ0v) is 18.5. The quantitative estimate of drug-likeness (QED) is 0.593. The van der Waals surface area contributed by atoms with E-state index in [0.29, 0.717) is 17.8 Å². The van der Waals surface area contributed by atoms with Crippen LogP contribution in [-0.4, -0.2) is 29.0 Å². The number of hydrogen-bond acceptors (Lipinski definition) is 5. The maximum Gasteiger partial charge on any atom is 0.229 e. The molecule has 7 heteroatoms. The van der Waals surface area contributed by atoms with Crippen LogP contribution in [-0.2, 0) is 4.79 Å². The molecule has 1 fully saturated rings. The molecule has 1 atom stereocenters. The first-order valence-corrected chi connectivity index (χ1v) is 11.2. The largest absolute Gasteiger partial charge is 0.354 e. The number of carbonyl (C=O) groups is 1. The summed E-state index contributed by atoms with van der Waals surface area (Å²) < 4.78 is 13.8. The van der Waals surface area contributed by atoms with Gasteiger partial charge in [-0.1, -0.05) is 35.5 Å². The molecule has 1 saturated heterocycles. The lowest BCUT2D eigenvalue weighted by atomic mass is 9.97. The highest BCUT2D eigenvalue weighted by molar-refractivity contribution is 7.99. The number of carbonyl (C=O) groups excluding carboxylic acids is 1. The second kappa shape index (κ2) is 9.47. The predicted molar refractivity (Wildman–Crippen MR) is 122 cm³/mol. The van der Waals surface area contributed by atoms with Crippen LogP contribution in [0, 0.1) is 25.6 Å². The second-order valence-electron chi connectivity index (χ2n) is 7.79. The Balaban J connectivity index is 1.49. The van der Waals surface area contributed by atoms with Crippen LogP contribution in [0.4, 0.5) is 15.9 Å². The Bertz CT molecular complexity index is 1070. The third kappa shape index (κ3) is 5.05. The molecule has 2 heterocycles. The first kappa shape index (κ1) is 21.3. The molecule has 2 aromatic carbocycles. The summed E-state index contributed by atoms with van der Waals surface area (Å²) >= 11 is 1.57. The van der Waals surface area contributed by atoms with Crippen molar-refractivity contribution < 1.29 is 9.18 Å². The molecule has 3 aromatic rings. The van der Waals surface area contributed by atoms with Crippen LogP contribution in [0.3, 0.4) is 0 Å². The average Bonchev–Trinajstić information content (AvgIpc) is 2.79. The second-order valence-corrected chi connectivity index (χ2v) is 8.85. The summed E-state index contributed by atoms with van der Waals surface area (Å²) in [7, 11) is 0. The number of benzene rings is 2. The Morgan fingerprint density at radius 3 is 2.71 bits per heavy atom. The Kier molecular flexibility index (Phi) is 6.51. The normalized spacial score (nSPS) is 16.2. The predicted octanol–water partition coefficient (Wildman–Crippen LogP) is 5.24. The first-order chi connectivity index (χ1) is 15.0. The van der Waals surface area contributed by atoms with Gasteiger partial charge in [-0.25, -0.2) is 14.4 Å². The maximum atomic E-state index is 13.8. The number of nitrogens with zero attached hydrogens (tertiary/aromatic N) is 3. The molecule has 1 unspecified atom stereocenters. The van der Waals surface area contributed by atoms with Crippen molar-refractivity contribution in [3.05, 3.63) is 71.8 Å². The summed E-state index contributed by atoms with van der Waals surface area (Å²) in [4.78, 5) is 25.3. The van der Waals surface area contributed by atoms with Crippen LogP contribution < -0.4 is 10.2 Å². The lowest BCUT2D eigenvalue weighted by Crippen LogP contribution is -2.41. The molecule has 4 rings (SSSR count). The average molecular weight is 437 g/mol. The topological polar surface area (TPSA) is 58.1 Å². The number of aryl methyl sites for hydroxylation is 1. The summed E-state index contributed by atoms with van der Waals surface area (Å²) in [5, 5.41) is 3.73. The molecule has 1 aromatic heterocycles. The minimum Gasteiger partial charge on any atom is -0.354 e. The molecule has 0 radical (unpaired) electrons. The summed E-state index contributed by atoms with van der Waals surface area (Å²) in [6.07, 6.45) is 5.05. The fraction of sp³-hybridized carbons (Fsp3) is 0.292. The van der Waals surface area contributed by atoms with E-state index in [9.17, 15) is 9.18 Å². The van der Waals surface area contributed by atoms with E-state index in [1.165, 1.54) is 11.6 Å². The van der Waals surface area contributed by atoms with Crippen molar-refractivity contribution in [2.24, 2.45) is 5.92 Å². The lowest BCUT2D eigenvalue weighted by molar-refractivity contribution is -0.120. The van der Waals surface area contributed by atoms with Crippen molar-refractivity contribution in [2.45, 2.75) is 36.6 Å². The van der Waals surface area contributed by atoms with Crippen LogP contribution >= 0.6 is 11.8 Å². The third-order valence-electron chi connectivity index (χ3n) is 5.50. The van der Waals surface area contributed by atoms with Crippen molar-refractivity contribution in [1.82, 2.24) is 9.97 Å². The van der Waals surface area contributed by atoms with Gasteiger partial charge in [-0.3, -0.25) is 4.79 Å². The van der Waals surface area contributed by atoms with Crippen molar-refractivity contribution in [2.75, 3.05) is 23.3 Å². The molecule has 0 saturated carbocycles. The van der Waals surface area contributed by atoms with Gasteiger partial charge in [-0.2, -0.15) is 0 Å². The van der Waals surface area contributed by atoms with Crippen LogP contribution in [0.2, 0.25) is 0 Å². The van der Waals surface area contributed by atoms with E-state index in [2.05, 4.69) is 51.4 Å². The SMILES string of the molecule is Cc1ccc(Sc2nccnc2N2CCCC(C(=O)Nc3cccc(F)c3C)C2)cc1. The summed E-state index contributed by atoms with van der Waals surface area (Å²) in [5.41, 5.74) is 2.19. The fourth-order valence-corrected chi connectivity index (χ4v) is 4.57. The monoisotopic (exact) mass is 436 g/mol. The number of hydrogen-bond donors (Lipinski definition) is 1. The van der Waals surface area contributed by atoms with E-state index in [0.717, 1.165) is 35.1 Å². The molecular weight excluding hydrogens is 411 g/mol. The zero-order valence-electron chi connectivity index (χ0n) is 17.6. The molecule has 160 valence electrons. The minimum atomic E-state index is -0.319. The lowest BCUT2D eigenvalue weighted by Gasteiger charge is -2.33. The van der Waals surface area contributed by atoms with Gasteiger partial charge >= 0.3 is 0 Å². The third-order valence-corrected chi connectivity index (χ3v) is 6.49. The highest BCUT2D eigenvalue weighted by atomic mass is 32.2. The standard InChI is InChI=1S/C24H25FN4OS/c1-16-8-10-19(11-9-16)31-24-22(26-12-13-27-24)29-14-4-5-18(15-29)23(30)28-21-7-3-6-20(25)17(21)2/h3,6-13,18H,4-5,14-15H2,1-2H3,(H,28,30). The number of halogens is 1. The number of rotatable bonds is 5. The van der Waals surface area contributed by atoms with Gasteiger partial charge in [0.2, 0.25) is 5.91 Å². The first-order valence-electron chi connectivity index (χ1n) is 10.4. The van der Waals surface area contributed by atoms with Crippen LogP contribution in [0.1, 0.15) is 24.0 Å². The molecule has 5 nitrogen and oxygen atoms in total. The number of piperidine rings is 1. The molecule has 0 aliphatic carbocycles. The Morgan fingerprint density at radius 2 is 1.90 bits per heavy atom. The van der Waals surface area contributed by atoms with Gasteiger partial charge in [0.1, 0.15) is 10.8 Å². The molecule has 0 spiro atoms. The van der Waals surface area contributed by atoms with Crippen LogP contribution in [0.25, 0.3) is 0 Å². The molecule has 31 heavy (non-hydrogen) atoms. The van der Waals surface area contributed by atoms with E-state index in [4.69, 9.17) is 0 Å². The molecular formula is C24H25FN4OS. The maximum absolute atomic E-state index is 13.8. The van der Waals surface area contributed by atoms with Gasteiger partial charge in [-0.05, 0) is 51.0 Å². The molecule has 0 bridgehead atoms. The van der Waals surface area contributed by atoms with Crippen molar-refractivity contribution in [1.29, 1.82) is 0 Å². The van der Waals surface area contributed by atoms with Crippen molar-refractivity contribution in [3.8, 4) is 0 Å². The number of aromatic nitrogens is 2. The van der Waals surface area contributed by atoms with Gasteiger partial charge in [0.15, 0.2) is 5.82 Å². The Morgan fingerprint density at radius 1 is 1.13 bits per heavy atom. The summed E-state index contributed by atoms with van der Waals surface area (Å²) in [6.45, 7) is 5.11. The molecule has 1 aliphatic heterocycles. The number of anilines is 2. The minimum absolute atomic E-state index is 0.0879. The zero-order chi connectivity index (χ0) is 21.8. The number of amides is 1. The van der Waals surface area contributed by atoms with Gasteiger partial charge in [0.05, 0.1) is 5.92 Å². The summed E-state index contributed by atoms with van der Waals surface area (Å²) in [6, 6.07) is 13.0. The van der Waals surface area contributed by atoms with E-state index < -0.39 is 0 Å². The number of nitrogens with one attached hydrogen (secondary N) is 1. The van der Waals surface area contributed by atoms with Crippen molar-refractivity contribution in [3.63, 3.8) is 0 Å². The fourth-order valence-electron chi connectivity index (χ4n) is 3.69. The van der Waals surface area contributed by atoms with Gasteiger partial charge < -0.3 is 10.2 Å². The van der Waals surface area contributed by atoms with E-state index >= 15 is 0 Å². The van der Waals surface area contributed by atoms with E-state index in [1.54, 1.807) is 43.2 Å². The van der Waals surface area contributed by atoms with Gasteiger partial charge in [0.25, 0.3) is 0 Å². The highest BCUT2D eigenvalue weighted by Gasteiger charge is 2.28. The molecule has 1 amide bonds. The Hall–Kier alpha value is -2.93. The van der Waals surface area contributed by atoms with Crippen LogP contribution in [0.5, 0.6) is 0 Å². The van der Waals surface area contributed by atoms with E-state index in [1.807, 2.05) is 0 Å². The van der Waals surface area contributed by atoms with Crippen LogP contribution in [0.15, 0.2) is 64.8 Å².